The van der Waals surface area contributed by atoms with Crippen molar-refractivity contribution in [3.05, 3.63) is 112 Å². The molecule has 3 aromatic carbocycles. The first kappa shape index (κ1) is 26.4. The van der Waals surface area contributed by atoms with Gasteiger partial charge in [-0.1, -0.05) is 66.2 Å². The molecule has 0 radical (unpaired) electrons. The maximum atomic E-state index is 12.9. The summed E-state index contributed by atoms with van der Waals surface area (Å²) in [5.41, 5.74) is 1.63. The van der Waals surface area contributed by atoms with Crippen molar-refractivity contribution in [2.75, 3.05) is 12.4 Å². The molecular weight excluding hydrogens is 524 g/mol. The molecule has 0 aliphatic heterocycles. The van der Waals surface area contributed by atoms with Gasteiger partial charge in [-0.05, 0) is 47.5 Å². The number of esters is 2. The van der Waals surface area contributed by atoms with Gasteiger partial charge in [0.25, 0.3) is 5.91 Å². The number of nitrogens with one attached hydrogen (secondary N) is 1. The fourth-order valence-corrected chi connectivity index (χ4v) is 4.66. The zero-order valence-electron chi connectivity index (χ0n) is 19.9. The van der Waals surface area contributed by atoms with Crippen LogP contribution in [0.15, 0.2) is 90.5 Å². The smallest absolute Gasteiger partial charge is 0.345 e. The molecule has 7 nitrogen and oxygen atoms in total. The molecule has 4 aromatic rings. The summed E-state index contributed by atoms with van der Waals surface area (Å²) < 4.78 is 10.2. The molecule has 0 aliphatic rings. The molecule has 1 heterocycles. The molecule has 38 heavy (non-hydrogen) atoms. The number of hydrogen-bond acceptors (Lipinski definition) is 7. The first-order chi connectivity index (χ1) is 18.4. The quantitative estimate of drug-likeness (QED) is 0.122. The molecule has 0 unspecified atom stereocenters. The molecule has 9 heteroatoms. The van der Waals surface area contributed by atoms with E-state index < -0.39 is 17.8 Å². The Balaban J connectivity index is 1.51. The van der Waals surface area contributed by atoms with Gasteiger partial charge in [-0.3, -0.25) is 4.79 Å². The number of methoxy groups -OCH3 is 1. The second kappa shape index (κ2) is 12.0. The van der Waals surface area contributed by atoms with Gasteiger partial charge in [0, 0.05) is 4.88 Å². The van der Waals surface area contributed by atoms with Crippen LogP contribution in [0, 0.1) is 11.3 Å². The number of thiophene rings is 1. The second-order valence-corrected chi connectivity index (χ2v) is 9.23. The Hall–Kier alpha value is -4.71. The van der Waals surface area contributed by atoms with Crippen LogP contribution in [0.25, 0.3) is 16.5 Å². The van der Waals surface area contributed by atoms with Crippen LogP contribution in [-0.4, -0.2) is 25.0 Å². The first-order valence-electron chi connectivity index (χ1n) is 11.2. The minimum atomic E-state index is -0.687. The standard InChI is InChI=1S/C29H19ClN2O5S/c1-36-28(34)23-16-25(19-7-3-2-4-8-19)38-27(23)32-26(33)20(17-31)15-18-11-13-21(14-12-18)37-29(35)22-9-5-6-10-24(22)30/h2-16H,1H3,(H,32,33)/b20-15+. The molecule has 0 atom stereocenters. The summed E-state index contributed by atoms with van der Waals surface area (Å²) in [6.07, 6.45) is 1.39. The summed E-state index contributed by atoms with van der Waals surface area (Å²) in [7, 11) is 1.25. The maximum Gasteiger partial charge on any atom is 0.345 e. The van der Waals surface area contributed by atoms with E-state index >= 15 is 0 Å². The Bertz CT molecular complexity index is 1570. The topological polar surface area (TPSA) is 105 Å². The minimum absolute atomic E-state index is 0.184. The molecule has 0 fully saturated rings. The molecule has 1 amide bonds. The number of nitriles is 1. The van der Waals surface area contributed by atoms with E-state index in [0.29, 0.717) is 5.56 Å². The lowest BCUT2D eigenvalue weighted by Crippen LogP contribution is -2.15. The van der Waals surface area contributed by atoms with Crippen molar-refractivity contribution in [1.29, 1.82) is 5.26 Å². The molecule has 4 rings (SSSR count). The highest BCUT2D eigenvalue weighted by Gasteiger charge is 2.21. The number of rotatable bonds is 7. The molecule has 0 aliphatic carbocycles. The van der Waals surface area contributed by atoms with Crippen LogP contribution in [0.3, 0.4) is 0 Å². The Morgan fingerprint density at radius 3 is 2.26 bits per heavy atom. The number of amides is 1. The number of hydrogen-bond donors (Lipinski definition) is 1. The molecule has 1 N–H and O–H groups in total. The molecule has 0 saturated heterocycles. The van der Waals surface area contributed by atoms with Crippen molar-refractivity contribution in [3.63, 3.8) is 0 Å². The van der Waals surface area contributed by atoms with Crippen LogP contribution in [-0.2, 0) is 9.53 Å². The summed E-state index contributed by atoms with van der Waals surface area (Å²) in [6.45, 7) is 0. The normalized spacial score (nSPS) is 10.8. The number of carbonyl (C=O) groups is 3. The average Bonchev–Trinajstić information content (AvgIpc) is 3.36. The lowest BCUT2D eigenvalue weighted by molar-refractivity contribution is -0.112. The molecule has 0 saturated carbocycles. The Kier molecular flexibility index (Phi) is 8.34. The van der Waals surface area contributed by atoms with Crippen molar-refractivity contribution in [2.45, 2.75) is 0 Å². The van der Waals surface area contributed by atoms with E-state index in [1.807, 2.05) is 36.4 Å². The largest absolute Gasteiger partial charge is 0.465 e. The highest BCUT2D eigenvalue weighted by molar-refractivity contribution is 7.20. The second-order valence-electron chi connectivity index (χ2n) is 7.77. The van der Waals surface area contributed by atoms with Gasteiger partial charge in [0.05, 0.1) is 23.3 Å². The van der Waals surface area contributed by atoms with E-state index in [4.69, 9.17) is 21.1 Å². The zero-order chi connectivity index (χ0) is 27.1. The van der Waals surface area contributed by atoms with Gasteiger partial charge < -0.3 is 14.8 Å². The average molecular weight is 543 g/mol. The third kappa shape index (κ3) is 6.16. The SMILES string of the molecule is COC(=O)c1cc(-c2ccccc2)sc1NC(=O)/C(C#N)=C/c1ccc(OC(=O)c2ccccc2Cl)cc1. The van der Waals surface area contributed by atoms with Gasteiger partial charge in [-0.2, -0.15) is 5.26 Å². The predicted octanol–water partition coefficient (Wildman–Crippen LogP) is 6.62. The fourth-order valence-electron chi connectivity index (χ4n) is 3.40. The molecular formula is C29H19ClN2O5S. The molecule has 0 spiro atoms. The zero-order valence-corrected chi connectivity index (χ0v) is 21.5. The fraction of sp³-hybridized carbons (Fsp3) is 0.0345. The van der Waals surface area contributed by atoms with E-state index in [1.165, 1.54) is 36.7 Å². The van der Waals surface area contributed by atoms with Gasteiger partial charge in [0.2, 0.25) is 0 Å². The van der Waals surface area contributed by atoms with E-state index in [1.54, 1.807) is 42.5 Å². The van der Waals surface area contributed by atoms with Crippen molar-refractivity contribution < 1.29 is 23.9 Å². The van der Waals surface area contributed by atoms with E-state index in [0.717, 1.165) is 10.4 Å². The lowest BCUT2D eigenvalue weighted by Gasteiger charge is -2.06. The number of anilines is 1. The van der Waals surface area contributed by atoms with Crippen LogP contribution >= 0.6 is 22.9 Å². The van der Waals surface area contributed by atoms with Crippen molar-refractivity contribution >= 4 is 51.9 Å². The van der Waals surface area contributed by atoms with E-state index in [9.17, 15) is 19.6 Å². The van der Waals surface area contributed by atoms with Gasteiger partial charge in [0.15, 0.2) is 0 Å². The van der Waals surface area contributed by atoms with Gasteiger partial charge in [0.1, 0.15) is 22.4 Å². The van der Waals surface area contributed by atoms with Gasteiger partial charge in [-0.15, -0.1) is 11.3 Å². The van der Waals surface area contributed by atoms with Gasteiger partial charge >= 0.3 is 11.9 Å². The first-order valence-corrected chi connectivity index (χ1v) is 12.4. The van der Waals surface area contributed by atoms with Crippen LogP contribution in [0.1, 0.15) is 26.3 Å². The minimum Gasteiger partial charge on any atom is -0.465 e. The third-order valence-electron chi connectivity index (χ3n) is 5.28. The highest BCUT2D eigenvalue weighted by Crippen LogP contribution is 2.36. The number of nitrogens with zero attached hydrogens (tertiary/aromatic N) is 1. The summed E-state index contributed by atoms with van der Waals surface area (Å²) in [6, 6.07) is 25.7. The van der Waals surface area contributed by atoms with Crippen molar-refractivity contribution in [2.24, 2.45) is 0 Å². The summed E-state index contributed by atoms with van der Waals surface area (Å²) in [5.74, 6) is -1.63. The Labute approximate surface area is 227 Å². The monoisotopic (exact) mass is 542 g/mol. The lowest BCUT2D eigenvalue weighted by atomic mass is 10.1. The van der Waals surface area contributed by atoms with Gasteiger partial charge in [-0.25, -0.2) is 9.59 Å². The van der Waals surface area contributed by atoms with Crippen LogP contribution < -0.4 is 10.1 Å². The number of halogens is 1. The number of ether oxygens (including phenoxy) is 2. The highest BCUT2D eigenvalue weighted by atomic mass is 35.5. The Morgan fingerprint density at radius 1 is 0.921 bits per heavy atom. The summed E-state index contributed by atoms with van der Waals surface area (Å²) >= 11 is 7.24. The van der Waals surface area contributed by atoms with E-state index in [2.05, 4.69) is 5.32 Å². The molecule has 0 bridgehead atoms. The van der Waals surface area contributed by atoms with Crippen LogP contribution in [0.2, 0.25) is 5.02 Å². The van der Waals surface area contributed by atoms with Crippen molar-refractivity contribution in [3.8, 4) is 22.3 Å². The number of benzene rings is 3. The van der Waals surface area contributed by atoms with Crippen LogP contribution in [0.4, 0.5) is 5.00 Å². The molecule has 1 aromatic heterocycles. The number of carbonyl (C=O) groups excluding carboxylic acids is 3. The predicted molar refractivity (Wildman–Crippen MR) is 146 cm³/mol. The van der Waals surface area contributed by atoms with Crippen molar-refractivity contribution in [1.82, 2.24) is 0 Å². The Morgan fingerprint density at radius 2 is 1.61 bits per heavy atom. The van der Waals surface area contributed by atoms with E-state index in [-0.39, 0.29) is 32.5 Å². The summed E-state index contributed by atoms with van der Waals surface area (Å²) in [5, 5.41) is 12.8. The molecule has 188 valence electrons. The maximum absolute atomic E-state index is 12.9. The third-order valence-corrected chi connectivity index (χ3v) is 6.71. The van der Waals surface area contributed by atoms with Crippen LogP contribution in [0.5, 0.6) is 5.75 Å². The summed E-state index contributed by atoms with van der Waals surface area (Å²) in [4.78, 5) is 38.4.